The first-order chi connectivity index (χ1) is 14.1. The summed E-state index contributed by atoms with van der Waals surface area (Å²) in [6.45, 7) is 7.23. The van der Waals surface area contributed by atoms with Crippen molar-refractivity contribution in [3.8, 4) is 5.75 Å². The highest BCUT2D eigenvalue weighted by Crippen LogP contribution is 2.25. The van der Waals surface area contributed by atoms with Gasteiger partial charge in [-0.3, -0.25) is 9.69 Å². The van der Waals surface area contributed by atoms with Gasteiger partial charge in [0.2, 0.25) is 0 Å². The third-order valence-electron chi connectivity index (χ3n) is 5.24. The van der Waals surface area contributed by atoms with Crippen molar-refractivity contribution in [3.63, 3.8) is 0 Å². The number of carbonyl (C=O) groups excluding carboxylic acids is 1. The van der Waals surface area contributed by atoms with Crippen molar-refractivity contribution in [1.29, 1.82) is 0 Å². The standard InChI is InChI=1S/C22H27N3O4/c1-16-12-19-21(29-16)14-20(22(26)23-6-7-24-8-10-28-11-9-24)25(19)15-17-4-3-5-18(13-17)27-2/h3-5,12-14H,6-11,15H2,1-2H3,(H,23,26). The molecule has 0 aliphatic carbocycles. The van der Waals surface area contributed by atoms with E-state index in [-0.39, 0.29) is 5.91 Å². The molecule has 7 heteroatoms. The predicted molar refractivity (Wildman–Crippen MR) is 111 cm³/mol. The van der Waals surface area contributed by atoms with Gasteiger partial charge in [-0.25, -0.2) is 0 Å². The normalized spacial score (nSPS) is 15.0. The Bertz CT molecular complexity index is 985. The van der Waals surface area contributed by atoms with Crippen LogP contribution in [0, 0.1) is 6.92 Å². The Morgan fingerprint density at radius 2 is 2.03 bits per heavy atom. The molecule has 154 valence electrons. The molecular formula is C22H27N3O4. The highest BCUT2D eigenvalue weighted by molar-refractivity contribution is 5.97. The first-order valence-corrected chi connectivity index (χ1v) is 9.95. The van der Waals surface area contributed by atoms with Crippen molar-refractivity contribution in [2.75, 3.05) is 46.5 Å². The van der Waals surface area contributed by atoms with Gasteiger partial charge in [0.05, 0.1) is 25.8 Å². The molecule has 0 radical (unpaired) electrons. The van der Waals surface area contributed by atoms with Gasteiger partial charge < -0.3 is 23.8 Å². The lowest BCUT2D eigenvalue weighted by atomic mass is 10.2. The molecule has 0 bridgehead atoms. The van der Waals surface area contributed by atoms with Crippen molar-refractivity contribution in [1.82, 2.24) is 14.8 Å². The van der Waals surface area contributed by atoms with Gasteiger partial charge in [-0.15, -0.1) is 0 Å². The van der Waals surface area contributed by atoms with Gasteiger partial charge in [-0.2, -0.15) is 0 Å². The molecule has 0 saturated carbocycles. The molecule has 7 nitrogen and oxygen atoms in total. The minimum Gasteiger partial charge on any atom is -0.497 e. The minimum atomic E-state index is -0.0924. The van der Waals surface area contributed by atoms with Crippen LogP contribution in [0.25, 0.3) is 11.1 Å². The van der Waals surface area contributed by atoms with Crippen LogP contribution in [0.1, 0.15) is 21.8 Å². The van der Waals surface area contributed by atoms with Gasteiger partial charge in [0.25, 0.3) is 5.91 Å². The molecule has 1 saturated heterocycles. The molecule has 1 N–H and O–H groups in total. The van der Waals surface area contributed by atoms with E-state index in [9.17, 15) is 4.79 Å². The second-order valence-corrected chi connectivity index (χ2v) is 7.28. The fourth-order valence-electron chi connectivity index (χ4n) is 3.72. The van der Waals surface area contributed by atoms with Crippen LogP contribution in [0.2, 0.25) is 0 Å². The van der Waals surface area contributed by atoms with E-state index < -0.39 is 0 Å². The highest BCUT2D eigenvalue weighted by atomic mass is 16.5. The van der Waals surface area contributed by atoms with Crippen LogP contribution in [-0.2, 0) is 11.3 Å². The van der Waals surface area contributed by atoms with E-state index in [1.807, 2.05) is 47.9 Å². The number of nitrogens with one attached hydrogen (secondary N) is 1. The molecule has 29 heavy (non-hydrogen) atoms. The number of hydrogen-bond donors (Lipinski definition) is 1. The summed E-state index contributed by atoms with van der Waals surface area (Å²) in [6.07, 6.45) is 0. The number of carbonyl (C=O) groups is 1. The number of methoxy groups -OCH3 is 1. The minimum absolute atomic E-state index is 0.0924. The van der Waals surface area contributed by atoms with Crippen LogP contribution in [0.3, 0.4) is 0 Å². The van der Waals surface area contributed by atoms with E-state index in [4.69, 9.17) is 13.9 Å². The Balaban J connectivity index is 1.52. The van der Waals surface area contributed by atoms with Crippen LogP contribution in [0.5, 0.6) is 5.75 Å². The molecule has 0 atom stereocenters. The number of rotatable bonds is 7. The average molecular weight is 397 g/mol. The van der Waals surface area contributed by atoms with Gasteiger partial charge in [0, 0.05) is 44.9 Å². The molecule has 0 unspecified atom stereocenters. The first-order valence-electron chi connectivity index (χ1n) is 9.95. The zero-order chi connectivity index (χ0) is 20.2. The summed E-state index contributed by atoms with van der Waals surface area (Å²) in [7, 11) is 1.65. The number of furan rings is 1. The maximum absolute atomic E-state index is 12.9. The zero-order valence-corrected chi connectivity index (χ0v) is 16.9. The quantitative estimate of drug-likeness (QED) is 0.664. The molecule has 1 amide bonds. The number of benzene rings is 1. The Kier molecular flexibility index (Phi) is 5.87. The maximum Gasteiger partial charge on any atom is 0.268 e. The lowest BCUT2D eigenvalue weighted by Gasteiger charge is -2.26. The Morgan fingerprint density at radius 3 is 2.83 bits per heavy atom. The van der Waals surface area contributed by atoms with Crippen molar-refractivity contribution < 1.29 is 18.7 Å². The van der Waals surface area contributed by atoms with E-state index in [1.54, 1.807) is 7.11 Å². The second kappa shape index (κ2) is 8.71. The molecule has 1 aliphatic heterocycles. The zero-order valence-electron chi connectivity index (χ0n) is 16.9. The van der Waals surface area contributed by atoms with E-state index in [0.29, 0.717) is 18.8 Å². The van der Waals surface area contributed by atoms with Crippen LogP contribution < -0.4 is 10.1 Å². The van der Waals surface area contributed by atoms with E-state index in [1.165, 1.54) is 0 Å². The van der Waals surface area contributed by atoms with Crippen LogP contribution in [0.15, 0.2) is 40.8 Å². The number of aryl methyl sites for hydroxylation is 1. The summed E-state index contributed by atoms with van der Waals surface area (Å²) < 4.78 is 18.5. The number of fused-ring (bicyclic) bond motifs is 1. The first kappa shape index (κ1) is 19.5. The van der Waals surface area contributed by atoms with Crippen molar-refractivity contribution in [2.45, 2.75) is 13.5 Å². The SMILES string of the molecule is COc1cccc(Cn2c(C(=O)NCCN3CCOCC3)cc3oc(C)cc32)c1. The molecule has 1 fully saturated rings. The summed E-state index contributed by atoms with van der Waals surface area (Å²) in [5, 5.41) is 3.05. The summed E-state index contributed by atoms with van der Waals surface area (Å²) in [5.74, 6) is 1.53. The van der Waals surface area contributed by atoms with Gasteiger partial charge in [-0.1, -0.05) is 12.1 Å². The molecule has 3 heterocycles. The number of morpholine rings is 1. The number of hydrogen-bond acceptors (Lipinski definition) is 5. The lowest BCUT2D eigenvalue weighted by Crippen LogP contribution is -2.41. The Morgan fingerprint density at radius 1 is 1.21 bits per heavy atom. The maximum atomic E-state index is 12.9. The fraction of sp³-hybridized carbons (Fsp3) is 0.409. The third-order valence-corrected chi connectivity index (χ3v) is 5.24. The monoisotopic (exact) mass is 397 g/mol. The van der Waals surface area contributed by atoms with Crippen molar-refractivity contribution >= 4 is 17.0 Å². The van der Waals surface area contributed by atoms with E-state index in [0.717, 1.165) is 61.0 Å². The number of amides is 1. The number of aromatic nitrogens is 1. The number of nitrogens with zero attached hydrogens (tertiary/aromatic N) is 2. The molecule has 1 aromatic carbocycles. The van der Waals surface area contributed by atoms with E-state index >= 15 is 0 Å². The van der Waals surface area contributed by atoms with Gasteiger partial charge in [0.1, 0.15) is 17.2 Å². The molecule has 4 rings (SSSR count). The molecule has 2 aromatic heterocycles. The van der Waals surface area contributed by atoms with Crippen LogP contribution in [0.4, 0.5) is 0 Å². The fourth-order valence-corrected chi connectivity index (χ4v) is 3.72. The topological polar surface area (TPSA) is 68.9 Å². The third kappa shape index (κ3) is 4.46. The van der Waals surface area contributed by atoms with E-state index in [2.05, 4.69) is 10.2 Å². The second-order valence-electron chi connectivity index (χ2n) is 7.28. The van der Waals surface area contributed by atoms with Crippen molar-refractivity contribution in [3.05, 3.63) is 53.4 Å². The van der Waals surface area contributed by atoms with Gasteiger partial charge in [0.15, 0.2) is 5.58 Å². The largest absolute Gasteiger partial charge is 0.497 e. The summed E-state index contributed by atoms with van der Waals surface area (Å²) in [4.78, 5) is 15.2. The molecule has 0 spiro atoms. The smallest absolute Gasteiger partial charge is 0.268 e. The predicted octanol–water partition coefficient (Wildman–Crippen LogP) is 2.66. The summed E-state index contributed by atoms with van der Waals surface area (Å²) in [5.41, 5.74) is 3.30. The molecule has 3 aromatic rings. The average Bonchev–Trinajstić information content (AvgIpc) is 3.26. The van der Waals surface area contributed by atoms with Crippen molar-refractivity contribution in [2.24, 2.45) is 0 Å². The summed E-state index contributed by atoms with van der Waals surface area (Å²) >= 11 is 0. The number of ether oxygens (including phenoxy) is 2. The Hall–Kier alpha value is -2.77. The molecular weight excluding hydrogens is 370 g/mol. The lowest BCUT2D eigenvalue weighted by molar-refractivity contribution is 0.0383. The van der Waals surface area contributed by atoms with Gasteiger partial charge in [-0.05, 0) is 24.6 Å². The summed E-state index contributed by atoms with van der Waals surface area (Å²) in [6, 6.07) is 11.7. The Labute approximate surface area is 170 Å². The highest BCUT2D eigenvalue weighted by Gasteiger charge is 2.19. The molecule has 1 aliphatic rings. The van der Waals surface area contributed by atoms with Crippen LogP contribution >= 0.6 is 0 Å². The van der Waals surface area contributed by atoms with Crippen LogP contribution in [-0.4, -0.2) is 61.9 Å². The van der Waals surface area contributed by atoms with Gasteiger partial charge >= 0.3 is 0 Å².